The van der Waals surface area contributed by atoms with Crippen LogP contribution < -0.4 is 0 Å². The average molecular weight is 1340 g/mol. The number of benzene rings is 1. The predicted molar refractivity (Wildman–Crippen MR) is 309 cm³/mol. The number of aliphatic hydroxyl groups excluding tert-OH is 4. The monoisotopic (exact) mass is 1340 g/mol. The van der Waals surface area contributed by atoms with Crippen LogP contribution in [0.4, 0.5) is 0 Å². The summed E-state index contributed by atoms with van der Waals surface area (Å²) in [7, 11) is 3.11. The second kappa shape index (κ2) is 48.2. The Hall–Kier alpha value is -4.91. The topological polar surface area (TPSA) is 355 Å². The van der Waals surface area contributed by atoms with E-state index in [9.17, 15) is 53.4 Å². The lowest BCUT2D eigenvalue weighted by Gasteiger charge is -2.26. The molecule has 0 spiro atoms. The number of carbonyl (C=O) groups excluding carboxylic acids is 9. The second-order valence-corrected chi connectivity index (χ2v) is 21.3. The van der Waals surface area contributed by atoms with Gasteiger partial charge in [0.15, 0.2) is 12.6 Å². The van der Waals surface area contributed by atoms with Crippen molar-refractivity contribution in [2.45, 2.75) is 122 Å². The van der Waals surface area contributed by atoms with E-state index in [-0.39, 0.29) is 65.4 Å². The highest BCUT2D eigenvalue weighted by molar-refractivity contribution is 9.09. The molecule has 6 unspecified atom stereocenters. The third kappa shape index (κ3) is 39.7. The quantitative estimate of drug-likeness (QED) is 0.0235. The Kier molecular flexibility index (Phi) is 49.1. The van der Waals surface area contributed by atoms with Gasteiger partial charge in [-0.15, -0.1) is 0 Å². The first-order chi connectivity index (χ1) is 39.2. The number of methoxy groups -OCH3 is 2. The van der Waals surface area contributed by atoms with Gasteiger partial charge in [0, 0.05) is 65.8 Å². The Morgan fingerprint density at radius 3 is 0.976 bits per heavy atom. The van der Waals surface area contributed by atoms with Crippen molar-refractivity contribution in [2.75, 3.05) is 117 Å². The van der Waals surface area contributed by atoms with Gasteiger partial charge in [0.05, 0.1) is 52.9 Å². The van der Waals surface area contributed by atoms with Crippen LogP contribution in [0, 0.1) is 27.1 Å². The molecule has 84 heavy (non-hydrogen) atoms. The summed E-state index contributed by atoms with van der Waals surface area (Å²) in [4.78, 5) is 101. The molecule has 4 N–H and O–H groups in total. The standard InChI is InChI=1S/C14H20O4.2C11H20O6.2C10H17BrO5/c1-14(10-16-2,11-17-3)13(15)18-9-12-7-5-4-6-8-12;2*1-5-15-9(3)17-10(14)11(4,6-12)7-16-8(2)13;2*1-8(13)16-7-10(2,6-12)9(14)15-5-3-4-11/h4-8H,9-11H2,1-3H3;2*9,12H,5-7H2,1-4H3;2*12H,3-7H2,1-2H3. The Morgan fingerprint density at radius 2 is 0.726 bits per heavy atom. The molecule has 1 rings (SSSR count). The van der Waals surface area contributed by atoms with Crippen molar-refractivity contribution in [3.05, 3.63) is 35.9 Å². The molecule has 0 aromatic heterocycles. The SMILES string of the molecule is CC(=O)OCC(C)(CO)C(=O)OCCCBr.CC(=O)OCC(C)(CO)C(=O)OCCCBr.CCOC(C)OC(=O)C(C)(CO)COC(C)=O.CCOC(C)OC(=O)C(C)(CO)COC(C)=O.COCC(C)(COC)C(=O)OCc1ccccc1. The minimum absolute atomic E-state index is 0.175. The van der Waals surface area contributed by atoms with Gasteiger partial charge in [-0.3, -0.25) is 43.2 Å². The van der Waals surface area contributed by atoms with E-state index in [4.69, 9.17) is 71.8 Å². The third-order valence-electron chi connectivity index (χ3n) is 10.7. The van der Waals surface area contributed by atoms with Crippen LogP contribution >= 0.6 is 31.9 Å². The van der Waals surface area contributed by atoms with E-state index in [1.54, 1.807) is 48.8 Å². The molecular formula is C56H94Br2O26. The Morgan fingerprint density at radius 1 is 0.440 bits per heavy atom. The summed E-state index contributed by atoms with van der Waals surface area (Å²) in [5.74, 6) is -4.78. The van der Waals surface area contributed by atoms with Crippen molar-refractivity contribution in [3.63, 3.8) is 0 Å². The van der Waals surface area contributed by atoms with Gasteiger partial charge in [-0.25, -0.2) is 0 Å². The van der Waals surface area contributed by atoms with Crippen molar-refractivity contribution in [3.8, 4) is 0 Å². The number of ether oxygens (including phenoxy) is 13. The number of esters is 9. The van der Waals surface area contributed by atoms with E-state index in [2.05, 4.69) is 31.9 Å². The molecular weight excluding hydrogens is 1250 g/mol. The molecule has 0 aliphatic carbocycles. The van der Waals surface area contributed by atoms with E-state index in [1.807, 2.05) is 30.3 Å². The molecule has 26 nitrogen and oxygen atoms in total. The first-order valence-electron chi connectivity index (χ1n) is 26.5. The van der Waals surface area contributed by atoms with Gasteiger partial charge in [-0.2, -0.15) is 0 Å². The highest BCUT2D eigenvalue weighted by atomic mass is 79.9. The van der Waals surface area contributed by atoms with E-state index in [1.165, 1.54) is 55.4 Å². The lowest BCUT2D eigenvalue weighted by Crippen LogP contribution is -2.40. The molecule has 1 aromatic carbocycles. The van der Waals surface area contributed by atoms with Crippen molar-refractivity contribution in [1.29, 1.82) is 0 Å². The zero-order chi connectivity index (χ0) is 65.6. The summed E-state index contributed by atoms with van der Waals surface area (Å²) in [5.41, 5.74) is -4.70. The predicted octanol–water partition coefficient (Wildman–Crippen LogP) is 4.73. The highest BCUT2D eigenvalue weighted by Gasteiger charge is 2.40. The lowest BCUT2D eigenvalue weighted by atomic mass is 9.93. The fourth-order valence-corrected chi connectivity index (χ4v) is 5.78. The second-order valence-electron chi connectivity index (χ2n) is 19.7. The summed E-state index contributed by atoms with van der Waals surface area (Å²) < 4.78 is 64.2. The van der Waals surface area contributed by atoms with E-state index < -0.39 is 114 Å². The maximum Gasteiger partial charge on any atom is 0.319 e. The fraction of sp³-hybridized carbons (Fsp3) is 0.732. The number of carbonyl (C=O) groups is 9. The van der Waals surface area contributed by atoms with Crippen LogP contribution in [0.2, 0.25) is 0 Å². The number of aliphatic hydroxyl groups is 4. The summed E-state index contributed by atoms with van der Waals surface area (Å²) in [6.45, 7) is 18.9. The van der Waals surface area contributed by atoms with Gasteiger partial charge in [-0.1, -0.05) is 62.2 Å². The summed E-state index contributed by atoms with van der Waals surface area (Å²) in [6.07, 6.45) is -0.00634. The summed E-state index contributed by atoms with van der Waals surface area (Å²) in [5, 5.41) is 38.1. The third-order valence-corrected chi connectivity index (χ3v) is 11.9. The maximum absolute atomic E-state index is 12.0. The zero-order valence-corrected chi connectivity index (χ0v) is 54.7. The van der Waals surface area contributed by atoms with Crippen molar-refractivity contribution < 1.29 is 125 Å². The molecule has 488 valence electrons. The van der Waals surface area contributed by atoms with Crippen LogP contribution in [0.15, 0.2) is 30.3 Å². The number of rotatable bonds is 35. The lowest BCUT2D eigenvalue weighted by molar-refractivity contribution is -0.192. The van der Waals surface area contributed by atoms with Crippen LogP contribution in [0.1, 0.15) is 108 Å². The number of hydrogen-bond donors (Lipinski definition) is 4. The van der Waals surface area contributed by atoms with Crippen molar-refractivity contribution in [2.24, 2.45) is 27.1 Å². The number of halogens is 2. The molecule has 0 fully saturated rings. The number of hydrogen-bond acceptors (Lipinski definition) is 26. The summed E-state index contributed by atoms with van der Waals surface area (Å²) in [6, 6.07) is 9.57. The Bertz CT molecular complexity index is 1920. The molecule has 0 bridgehead atoms. The van der Waals surface area contributed by atoms with Gasteiger partial charge < -0.3 is 82.0 Å². The molecule has 0 saturated carbocycles. The Balaban J connectivity index is -0.000000477. The van der Waals surface area contributed by atoms with Crippen molar-refractivity contribution >= 4 is 85.6 Å². The minimum Gasteiger partial charge on any atom is -0.465 e. The first-order valence-corrected chi connectivity index (χ1v) is 28.8. The van der Waals surface area contributed by atoms with Crippen LogP contribution in [0.25, 0.3) is 0 Å². The molecule has 0 saturated heterocycles. The average Bonchev–Trinajstić information content (AvgIpc) is 3.45. The van der Waals surface area contributed by atoms with Crippen LogP contribution in [0.5, 0.6) is 0 Å². The minimum atomic E-state index is -1.27. The first kappa shape index (κ1) is 85.5. The molecule has 0 aliphatic heterocycles. The van der Waals surface area contributed by atoms with Gasteiger partial charge in [0.2, 0.25) is 0 Å². The number of alkyl halides is 2. The zero-order valence-electron chi connectivity index (χ0n) is 51.5. The molecule has 28 heteroatoms. The van der Waals surface area contributed by atoms with Gasteiger partial charge in [0.25, 0.3) is 0 Å². The molecule has 6 atom stereocenters. The van der Waals surface area contributed by atoms with E-state index >= 15 is 0 Å². The molecule has 1 aromatic rings. The van der Waals surface area contributed by atoms with Gasteiger partial charge in [-0.05, 0) is 80.7 Å². The highest BCUT2D eigenvalue weighted by Crippen LogP contribution is 2.23. The van der Waals surface area contributed by atoms with Gasteiger partial charge >= 0.3 is 53.7 Å². The van der Waals surface area contributed by atoms with Crippen LogP contribution in [-0.4, -0.2) is 204 Å². The fourth-order valence-electron chi connectivity index (χ4n) is 5.32. The smallest absolute Gasteiger partial charge is 0.319 e. The Labute approximate surface area is 511 Å². The normalized spacial score (nSPS) is 14.2. The van der Waals surface area contributed by atoms with E-state index in [0.717, 1.165) is 16.2 Å². The largest absolute Gasteiger partial charge is 0.465 e. The maximum atomic E-state index is 12.0. The molecule has 0 heterocycles. The van der Waals surface area contributed by atoms with Crippen LogP contribution in [0.3, 0.4) is 0 Å². The molecule has 0 aliphatic rings. The van der Waals surface area contributed by atoms with E-state index in [0.29, 0.717) is 26.1 Å². The van der Waals surface area contributed by atoms with Gasteiger partial charge in [0.1, 0.15) is 60.1 Å². The molecule has 0 amide bonds. The van der Waals surface area contributed by atoms with Crippen LogP contribution in [-0.2, 0) is 111 Å². The summed E-state index contributed by atoms with van der Waals surface area (Å²) >= 11 is 6.41. The molecule has 0 radical (unpaired) electrons. The van der Waals surface area contributed by atoms with Crippen molar-refractivity contribution in [1.82, 2.24) is 0 Å².